The predicted octanol–water partition coefficient (Wildman–Crippen LogP) is 2.40. The molecule has 2 nitrogen and oxygen atoms in total. The lowest BCUT2D eigenvalue weighted by Crippen LogP contribution is -2.52. The van der Waals surface area contributed by atoms with E-state index in [1.54, 1.807) is 0 Å². The van der Waals surface area contributed by atoms with Crippen LogP contribution < -0.4 is 5.84 Å². The largest absolute Gasteiger partial charge is 0.268 e. The average molecular weight is 184 g/mol. The Morgan fingerprint density at radius 1 is 1.23 bits per heavy atom. The van der Waals surface area contributed by atoms with Crippen molar-refractivity contribution in [3.8, 4) is 0 Å². The van der Waals surface area contributed by atoms with E-state index in [0.717, 1.165) is 11.8 Å². The van der Waals surface area contributed by atoms with Crippen LogP contribution in [0.4, 0.5) is 0 Å². The summed E-state index contributed by atoms with van der Waals surface area (Å²) in [4.78, 5) is 0. The first-order chi connectivity index (χ1) is 6.00. The van der Waals surface area contributed by atoms with E-state index in [1.807, 2.05) is 5.01 Å². The van der Waals surface area contributed by atoms with Gasteiger partial charge in [-0.05, 0) is 44.9 Å². The molecule has 0 heterocycles. The maximum atomic E-state index is 5.95. The van der Waals surface area contributed by atoms with Crippen molar-refractivity contribution in [3.05, 3.63) is 0 Å². The van der Waals surface area contributed by atoms with E-state index in [9.17, 15) is 0 Å². The fraction of sp³-hybridized carbons (Fsp3) is 1.00. The first-order valence-corrected chi connectivity index (χ1v) is 5.53. The van der Waals surface area contributed by atoms with Crippen molar-refractivity contribution in [1.82, 2.24) is 5.01 Å². The molecule has 0 spiro atoms. The molecule has 0 amide bonds. The average Bonchev–Trinajstić information content (AvgIpc) is 1.94. The van der Waals surface area contributed by atoms with Crippen molar-refractivity contribution in [1.29, 1.82) is 0 Å². The molecule has 0 radical (unpaired) electrons. The molecule has 1 rings (SSSR count). The molecular formula is C11H24N2. The minimum atomic E-state index is 0.491. The van der Waals surface area contributed by atoms with E-state index in [2.05, 4.69) is 27.7 Å². The number of hydrogen-bond acceptors (Lipinski definition) is 2. The number of nitrogens with zero attached hydrogens (tertiary/aromatic N) is 1. The van der Waals surface area contributed by atoms with E-state index in [4.69, 9.17) is 5.84 Å². The zero-order valence-electron chi connectivity index (χ0n) is 9.46. The monoisotopic (exact) mass is 184 g/mol. The van der Waals surface area contributed by atoms with Crippen molar-refractivity contribution in [3.63, 3.8) is 0 Å². The number of hydrogen-bond donors (Lipinski definition) is 1. The lowest BCUT2D eigenvalue weighted by molar-refractivity contribution is 0.0446. The summed E-state index contributed by atoms with van der Waals surface area (Å²) >= 11 is 0. The third-order valence-corrected chi connectivity index (χ3v) is 3.03. The smallest absolute Gasteiger partial charge is 0.0249 e. The van der Waals surface area contributed by atoms with Gasteiger partial charge in [-0.2, -0.15) is 0 Å². The van der Waals surface area contributed by atoms with Gasteiger partial charge in [0.05, 0.1) is 0 Å². The van der Waals surface area contributed by atoms with Crippen LogP contribution in [0.15, 0.2) is 0 Å². The fourth-order valence-corrected chi connectivity index (χ4v) is 2.22. The molecule has 0 unspecified atom stereocenters. The Morgan fingerprint density at radius 3 is 2.15 bits per heavy atom. The van der Waals surface area contributed by atoms with Crippen LogP contribution in [0.2, 0.25) is 0 Å². The maximum absolute atomic E-state index is 5.95. The molecule has 0 aromatic heterocycles. The molecule has 1 saturated carbocycles. The van der Waals surface area contributed by atoms with Gasteiger partial charge in [-0.1, -0.05) is 13.8 Å². The molecule has 2 N–H and O–H groups in total. The van der Waals surface area contributed by atoms with Crippen molar-refractivity contribution < 1.29 is 0 Å². The molecule has 1 aliphatic rings. The third kappa shape index (κ3) is 2.96. The van der Waals surface area contributed by atoms with Gasteiger partial charge in [-0.15, -0.1) is 0 Å². The normalized spacial score (nSPS) is 28.6. The molecule has 78 valence electrons. The summed E-state index contributed by atoms with van der Waals surface area (Å²) in [6, 6.07) is 1.15. The highest BCUT2D eigenvalue weighted by atomic mass is 15.4. The summed E-state index contributed by atoms with van der Waals surface area (Å²) in [7, 11) is 0. The van der Waals surface area contributed by atoms with Crippen LogP contribution >= 0.6 is 0 Å². The van der Waals surface area contributed by atoms with E-state index in [0.29, 0.717) is 12.1 Å². The Bertz CT molecular complexity index is 148. The molecule has 1 aliphatic carbocycles. The van der Waals surface area contributed by atoms with Crippen molar-refractivity contribution >= 4 is 0 Å². The summed E-state index contributed by atoms with van der Waals surface area (Å²) in [6.45, 7) is 8.93. The molecule has 0 saturated heterocycles. The van der Waals surface area contributed by atoms with Crippen molar-refractivity contribution in [2.24, 2.45) is 17.7 Å². The van der Waals surface area contributed by atoms with Gasteiger partial charge in [0, 0.05) is 12.1 Å². The summed E-state index contributed by atoms with van der Waals surface area (Å²) in [5, 5.41) is 2.02. The SMILES string of the molecule is CC(C)CC1CC(N(N)C(C)C)C1. The van der Waals surface area contributed by atoms with Crippen LogP contribution in [0.5, 0.6) is 0 Å². The Balaban J connectivity index is 2.18. The molecule has 2 heteroatoms. The zero-order valence-corrected chi connectivity index (χ0v) is 9.46. The van der Waals surface area contributed by atoms with Crippen LogP contribution in [0.1, 0.15) is 47.0 Å². The topological polar surface area (TPSA) is 29.3 Å². The standard InChI is InChI=1S/C11H24N2/c1-8(2)5-10-6-11(7-10)13(12)9(3)4/h8-11H,5-7,12H2,1-4H3. The highest BCUT2D eigenvalue weighted by Crippen LogP contribution is 2.35. The summed E-state index contributed by atoms with van der Waals surface area (Å²) in [5.74, 6) is 7.73. The van der Waals surface area contributed by atoms with Crippen LogP contribution in [0.3, 0.4) is 0 Å². The van der Waals surface area contributed by atoms with Crippen LogP contribution in [-0.4, -0.2) is 17.1 Å². The molecule has 0 atom stereocenters. The molecule has 0 bridgehead atoms. The fourth-order valence-electron chi connectivity index (χ4n) is 2.22. The molecule has 0 aromatic carbocycles. The first kappa shape index (κ1) is 11.0. The van der Waals surface area contributed by atoms with Gasteiger partial charge in [-0.3, -0.25) is 5.84 Å². The third-order valence-electron chi connectivity index (χ3n) is 3.03. The van der Waals surface area contributed by atoms with Crippen LogP contribution in [-0.2, 0) is 0 Å². The highest BCUT2D eigenvalue weighted by Gasteiger charge is 2.33. The van der Waals surface area contributed by atoms with E-state index >= 15 is 0 Å². The van der Waals surface area contributed by atoms with Gasteiger partial charge in [-0.25, -0.2) is 5.01 Å². The maximum Gasteiger partial charge on any atom is 0.0249 e. The van der Waals surface area contributed by atoms with Gasteiger partial charge in [0.25, 0.3) is 0 Å². The Labute approximate surface area is 82.5 Å². The van der Waals surface area contributed by atoms with Crippen molar-refractivity contribution in [2.75, 3.05) is 0 Å². The number of rotatable bonds is 4. The second-order valence-corrected chi connectivity index (χ2v) is 5.16. The second kappa shape index (κ2) is 4.43. The van der Waals surface area contributed by atoms with Crippen LogP contribution in [0.25, 0.3) is 0 Å². The molecular weight excluding hydrogens is 160 g/mol. The number of hydrazine groups is 1. The lowest BCUT2D eigenvalue weighted by atomic mass is 9.75. The highest BCUT2D eigenvalue weighted by molar-refractivity contribution is 4.86. The summed E-state index contributed by atoms with van der Waals surface area (Å²) in [5.41, 5.74) is 0. The summed E-state index contributed by atoms with van der Waals surface area (Å²) < 4.78 is 0. The van der Waals surface area contributed by atoms with E-state index < -0.39 is 0 Å². The predicted molar refractivity (Wildman–Crippen MR) is 57.1 cm³/mol. The van der Waals surface area contributed by atoms with Gasteiger partial charge in [0.2, 0.25) is 0 Å². The van der Waals surface area contributed by atoms with E-state index in [1.165, 1.54) is 19.3 Å². The van der Waals surface area contributed by atoms with Crippen molar-refractivity contribution in [2.45, 2.75) is 59.0 Å². The van der Waals surface area contributed by atoms with Gasteiger partial charge < -0.3 is 0 Å². The summed E-state index contributed by atoms with van der Waals surface area (Å²) in [6.07, 6.45) is 4.00. The minimum Gasteiger partial charge on any atom is -0.268 e. The van der Waals surface area contributed by atoms with Gasteiger partial charge in [0.1, 0.15) is 0 Å². The van der Waals surface area contributed by atoms with Crippen LogP contribution in [0, 0.1) is 11.8 Å². The van der Waals surface area contributed by atoms with Gasteiger partial charge >= 0.3 is 0 Å². The molecule has 13 heavy (non-hydrogen) atoms. The first-order valence-electron chi connectivity index (χ1n) is 5.53. The Hall–Kier alpha value is -0.0800. The number of nitrogens with two attached hydrogens (primary N) is 1. The molecule has 1 fully saturated rings. The Morgan fingerprint density at radius 2 is 1.77 bits per heavy atom. The molecule has 0 aliphatic heterocycles. The minimum absolute atomic E-state index is 0.491. The zero-order chi connectivity index (χ0) is 10.0. The van der Waals surface area contributed by atoms with E-state index in [-0.39, 0.29) is 0 Å². The lowest BCUT2D eigenvalue weighted by Gasteiger charge is -2.43. The Kier molecular flexibility index (Phi) is 3.74. The second-order valence-electron chi connectivity index (χ2n) is 5.16. The quantitative estimate of drug-likeness (QED) is 0.537. The molecule has 0 aromatic rings. The van der Waals surface area contributed by atoms with Gasteiger partial charge in [0.15, 0.2) is 0 Å².